The van der Waals surface area contributed by atoms with Crippen LogP contribution in [0.15, 0.2) is 41.8 Å². The van der Waals surface area contributed by atoms with Gasteiger partial charge in [-0.05, 0) is 29.1 Å². The highest BCUT2D eigenvalue weighted by molar-refractivity contribution is 7.12. The Morgan fingerprint density at radius 3 is 2.31 bits per heavy atom. The number of hydrogen-bond donors (Lipinski definition) is 2. The second-order valence-corrected chi connectivity index (χ2v) is 8.51. The van der Waals surface area contributed by atoms with Gasteiger partial charge in [0.05, 0.1) is 17.3 Å². The van der Waals surface area contributed by atoms with Crippen LogP contribution in [0.5, 0.6) is 0 Å². The number of thiophene rings is 1. The Morgan fingerprint density at radius 1 is 1.06 bits per heavy atom. The van der Waals surface area contributed by atoms with Crippen LogP contribution in [-0.4, -0.2) is 66.4 Å². The number of benzene rings is 1. The number of halogens is 1. The first-order valence-corrected chi connectivity index (χ1v) is 11.2. The molecule has 1 aromatic carbocycles. The summed E-state index contributed by atoms with van der Waals surface area (Å²) >= 11 is 7.25. The number of nitrogens with two attached hydrogens (primary N) is 1. The summed E-state index contributed by atoms with van der Waals surface area (Å²) in [5.41, 5.74) is 5.83. The smallest absolute Gasteiger partial charge is 0.312 e. The molecule has 0 aliphatic carbocycles. The summed E-state index contributed by atoms with van der Waals surface area (Å²) in [7, 11) is 0. The Balaban J connectivity index is 1.46. The molecule has 0 bridgehead atoms. The number of primary amides is 1. The van der Waals surface area contributed by atoms with Crippen molar-refractivity contribution in [3.63, 3.8) is 0 Å². The number of rotatable bonds is 7. The van der Waals surface area contributed by atoms with Crippen LogP contribution in [0.25, 0.3) is 0 Å². The van der Waals surface area contributed by atoms with Crippen LogP contribution in [0.1, 0.15) is 27.7 Å². The Hall–Kier alpha value is -3.11. The standard InChI is InChI=1S/C21H23ClN4O5S/c22-15-5-3-14(4-6-15)16(24-21(23)30)12-19(28)31-13-18(27)25-7-9-26(10-8-25)20(29)17-2-1-11-32-17/h1-6,11,16H,7-10,12-13H2,(H3,23,24,30). The predicted octanol–water partition coefficient (Wildman–Crippen LogP) is 2.03. The van der Waals surface area contributed by atoms with E-state index < -0.39 is 24.6 Å². The van der Waals surface area contributed by atoms with Crippen molar-refractivity contribution < 1.29 is 23.9 Å². The van der Waals surface area contributed by atoms with Crippen molar-refractivity contribution in [3.8, 4) is 0 Å². The van der Waals surface area contributed by atoms with E-state index in [9.17, 15) is 19.2 Å². The molecule has 170 valence electrons. The molecule has 1 unspecified atom stereocenters. The van der Waals surface area contributed by atoms with Gasteiger partial charge in [0.2, 0.25) is 0 Å². The number of amides is 4. The molecular formula is C21H23ClN4O5S. The van der Waals surface area contributed by atoms with Crippen LogP contribution in [0, 0.1) is 0 Å². The molecule has 9 nitrogen and oxygen atoms in total. The Bertz CT molecular complexity index is 959. The number of nitrogens with zero attached hydrogens (tertiary/aromatic N) is 2. The zero-order valence-electron chi connectivity index (χ0n) is 17.2. The maximum absolute atomic E-state index is 12.4. The van der Waals surface area contributed by atoms with Gasteiger partial charge >= 0.3 is 12.0 Å². The number of urea groups is 1. The average molecular weight is 479 g/mol. The molecule has 0 saturated carbocycles. The number of ether oxygens (including phenoxy) is 1. The van der Waals surface area contributed by atoms with Crippen LogP contribution < -0.4 is 11.1 Å². The third-order valence-corrected chi connectivity index (χ3v) is 6.08. The average Bonchev–Trinajstić information content (AvgIpc) is 3.32. The lowest BCUT2D eigenvalue weighted by Gasteiger charge is -2.34. The number of carbonyl (C=O) groups is 4. The maximum Gasteiger partial charge on any atom is 0.312 e. The van der Waals surface area contributed by atoms with E-state index in [0.717, 1.165) is 0 Å². The number of hydrogen-bond acceptors (Lipinski definition) is 6. The van der Waals surface area contributed by atoms with Gasteiger partial charge in [0.25, 0.3) is 11.8 Å². The first kappa shape index (κ1) is 23.6. The number of piperazine rings is 1. The lowest BCUT2D eigenvalue weighted by Crippen LogP contribution is -2.51. The van der Waals surface area contributed by atoms with E-state index in [1.54, 1.807) is 40.1 Å². The van der Waals surface area contributed by atoms with Crippen molar-refractivity contribution >= 4 is 46.8 Å². The molecular weight excluding hydrogens is 456 g/mol. The second kappa shape index (κ2) is 11.0. The minimum absolute atomic E-state index is 0.0475. The summed E-state index contributed by atoms with van der Waals surface area (Å²) in [6.07, 6.45) is -0.194. The summed E-state index contributed by atoms with van der Waals surface area (Å²) in [4.78, 5) is 52.3. The molecule has 0 spiro atoms. The second-order valence-electron chi connectivity index (χ2n) is 7.13. The van der Waals surface area contributed by atoms with E-state index in [-0.39, 0.29) is 18.2 Å². The van der Waals surface area contributed by atoms with E-state index in [1.807, 2.05) is 11.4 Å². The van der Waals surface area contributed by atoms with E-state index in [4.69, 9.17) is 22.1 Å². The fourth-order valence-electron chi connectivity index (χ4n) is 3.29. The molecule has 1 aromatic heterocycles. The number of nitrogens with one attached hydrogen (secondary N) is 1. The van der Waals surface area contributed by atoms with Gasteiger partial charge in [-0.2, -0.15) is 0 Å². The van der Waals surface area contributed by atoms with Gasteiger partial charge in [0, 0.05) is 31.2 Å². The van der Waals surface area contributed by atoms with E-state index in [1.165, 1.54) is 11.3 Å². The van der Waals surface area contributed by atoms with E-state index in [2.05, 4.69) is 5.32 Å². The molecule has 2 aromatic rings. The number of carbonyl (C=O) groups excluding carboxylic acids is 4. The minimum atomic E-state index is -0.788. The lowest BCUT2D eigenvalue weighted by molar-refractivity contribution is -0.153. The molecule has 4 amide bonds. The van der Waals surface area contributed by atoms with Crippen LogP contribution in [0.2, 0.25) is 5.02 Å². The van der Waals surface area contributed by atoms with E-state index >= 15 is 0 Å². The Kier molecular flexibility index (Phi) is 8.07. The summed E-state index contributed by atoms with van der Waals surface area (Å²) in [6.45, 7) is 1.14. The summed E-state index contributed by atoms with van der Waals surface area (Å²) in [6, 6.07) is 8.69. The van der Waals surface area contributed by atoms with Crippen LogP contribution in [0.3, 0.4) is 0 Å². The van der Waals surface area contributed by atoms with Crippen molar-refractivity contribution in [1.29, 1.82) is 0 Å². The highest BCUT2D eigenvalue weighted by Crippen LogP contribution is 2.20. The molecule has 1 atom stereocenters. The van der Waals surface area contributed by atoms with Gasteiger partial charge in [-0.15, -0.1) is 11.3 Å². The lowest BCUT2D eigenvalue weighted by atomic mass is 10.0. The van der Waals surface area contributed by atoms with E-state index in [0.29, 0.717) is 41.6 Å². The van der Waals surface area contributed by atoms with Crippen molar-refractivity contribution in [1.82, 2.24) is 15.1 Å². The molecule has 1 aliphatic heterocycles. The van der Waals surface area contributed by atoms with Crippen LogP contribution >= 0.6 is 22.9 Å². The molecule has 11 heteroatoms. The molecule has 3 N–H and O–H groups in total. The molecule has 3 rings (SSSR count). The molecule has 1 saturated heterocycles. The van der Waals surface area contributed by atoms with Gasteiger partial charge in [0.1, 0.15) is 0 Å². The van der Waals surface area contributed by atoms with Crippen molar-refractivity contribution in [2.75, 3.05) is 32.8 Å². The largest absolute Gasteiger partial charge is 0.455 e. The first-order chi connectivity index (χ1) is 15.3. The molecule has 32 heavy (non-hydrogen) atoms. The SMILES string of the molecule is NC(=O)NC(CC(=O)OCC(=O)N1CCN(C(=O)c2cccs2)CC1)c1ccc(Cl)cc1. The zero-order valence-corrected chi connectivity index (χ0v) is 18.7. The topological polar surface area (TPSA) is 122 Å². The highest BCUT2D eigenvalue weighted by Gasteiger charge is 2.26. The zero-order chi connectivity index (χ0) is 23.1. The molecule has 1 fully saturated rings. The molecule has 2 heterocycles. The quantitative estimate of drug-likeness (QED) is 0.589. The van der Waals surface area contributed by atoms with Gasteiger partial charge in [-0.1, -0.05) is 29.8 Å². The van der Waals surface area contributed by atoms with Gasteiger partial charge in [0.15, 0.2) is 6.61 Å². The van der Waals surface area contributed by atoms with Crippen molar-refractivity contribution in [3.05, 3.63) is 57.2 Å². The highest BCUT2D eigenvalue weighted by atomic mass is 35.5. The fraction of sp³-hybridized carbons (Fsp3) is 0.333. The van der Waals surface area contributed by atoms with Crippen LogP contribution in [-0.2, 0) is 14.3 Å². The Labute approximate surface area is 194 Å². The molecule has 0 radical (unpaired) electrons. The fourth-order valence-corrected chi connectivity index (χ4v) is 4.11. The summed E-state index contributed by atoms with van der Waals surface area (Å²) in [5.74, 6) is -1.04. The van der Waals surface area contributed by atoms with Crippen molar-refractivity contribution in [2.45, 2.75) is 12.5 Å². The van der Waals surface area contributed by atoms with Crippen molar-refractivity contribution in [2.24, 2.45) is 5.73 Å². The summed E-state index contributed by atoms with van der Waals surface area (Å²) in [5, 5.41) is 4.84. The first-order valence-electron chi connectivity index (χ1n) is 9.91. The Morgan fingerprint density at radius 2 is 1.72 bits per heavy atom. The van der Waals surface area contributed by atoms with Crippen LogP contribution in [0.4, 0.5) is 4.79 Å². The van der Waals surface area contributed by atoms with Gasteiger partial charge in [-0.3, -0.25) is 14.4 Å². The summed E-state index contributed by atoms with van der Waals surface area (Å²) < 4.78 is 5.12. The normalized spacial score (nSPS) is 14.5. The molecule has 1 aliphatic rings. The number of esters is 1. The van der Waals surface area contributed by atoms with Gasteiger partial charge < -0.3 is 25.6 Å². The predicted molar refractivity (Wildman–Crippen MR) is 119 cm³/mol. The third-order valence-electron chi connectivity index (χ3n) is 4.97. The monoisotopic (exact) mass is 478 g/mol. The maximum atomic E-state index is 12.4. The minimum Gasteiger partial charge on any atom is -0.455 e. The van der Waals surface area contributed by atoms with Gasteiger partial charge in [-0.25, -0.2) is 4.79 Å². The third kappa shape index (κ3) is 6.44.